The first-order chi connectivity index (χ1) is 15.6. The molecule has 0 saturated heterocycles. The van der Waals surface area contributed by atoms with Gasteiger partial charge in [-0.25, -0.2) is 4.79 Å². The predicted molar refractivity (Wildman–Crippen MR) is 132 cm³/mol. The number of hydrogen-bond acceptors (Lipinski definition) is 2. The second-order valence-corrected chi connectivity index (χ2v) is 8.92. The third-order valence-corrected chi connectivity index (χ3v) is 6.63. The Balaban J connectivity index is 1.62. The molecule has 5 rings (SSSR count). The lowest BCUT2D eigenvalue weighted by molar-refractivity contribution is 0.194. The first-order valence-corrected chi connectivity index (χ1v) is 11.9. The highest BCUT2D eigenvalue weighted by Crippen LogP contribution is 2.37. The minimum absolute atomic E-state index is 0.112. The van der Waals surface area contributed by atoms with Crippen LogP contribution in [-0.4, -0.2) is 21.8 Å². The van der Waals surface area contributed by atoms with Gasteiger partial charge in [-0.15, -0.1) is 11.8 Å². The monoisotopic (exact) mass is 439 g/mol. The zero-order chi connectivity index (χ0) is 22.1. The van der Waals surface area contributed by atoms with Crippen molar-refractivity contribution in [2.45, 2.75) is 24.4 Å². The Kier molecular flexibility index (Phi) is 5.50. The zero-order valence-corrected chi connectivity index (χ0v) is 19.0. The normalized spacial score (nSPS) is 14.9. The van der Waals surface area contributed by atoms with E-state index in [2.05, 4.69) is 71.5 Å². The molecule has 1 aliphatic rings. The summed E-state index contributed by atoms with van der Waals surface area (Å²) in [6.45, 7) is 2.61. The molecule has 2 amide bonds. The number of urea groups is 1. The molecule has 3 aromatic carbocycles. The number of carbonyl (C=O) groups is 1. The van der Waals surface area contributed by atoms with Gasteiger partial charge in [0.15, 0.2) is 0 Å². The summed E-state index contributed by atoms with van der Waals surface area (Å²) in [7, 11) is 0. The summed E-state index contributed by atoms with van der Waals surface area (Å²) < 4.78 is 2.21. The van der Waals surface area contributed by atoms with Crippen molar-refractivity contribution >= 4 is 23.5 Å². The van der Waals surface area contributed by atoms with Crippen LogP contribution >= 0.6 is 11.8 Å². The Bertz CT molecular complexity index is 1280. The number of aryl methyl sites for hydroxylation is 1. The molecule has 0 radical (unpaired) electrons. The molecule has 32 heavy (non-hydrogen) atoms. The minimum atomic E-state index is -0.207. The zero-order valence-electron chi connectivity index (χ0n) is 18.2. The predicted octanol–water partition coefficient (Wildman–Crippen LogP) is 6.64. The number of amides is 2. The molecule has 0 unspecified atom stereocenters. The van der Waals surface area contributed by atoms with Crippen molar-refractivity contribution in [2.24, 2.45) is 0 Å². The maximum atomic E-state index is 13.7. The standard InChI is InChI=1S/C27H25N3OS/c1-19-8-5-10-20(16-19)26-25-14-7-15-29(25)24-13-4-3-9-21(24)18-30(26)27(31)28-22-11-6-12-23(17-22)32-2/h3-17,26H,18H2,1-2H3,(H,28,31)/t26-/m0/s1. The van der Waals surface area contributed by atoms with E-state index in [1.807, 2.05) is 47.6 Å². The molecule has 2 heterocycles. The van der Waals surface area contributed by atoms with Crippen molar-refractivity contribution < 1.29 is 4.79 Å². The number of fused-ring (bicyclic) bond motifs is 3. The van der Waals surface area contributed by atoms with E-state index in [1.54, 1.807) is 11.8 Å². The molecular formula is C27H25N3OS. The number of rotatable bonds is 3. The van der Waals surface area contributed by atoms with Crippen LogP contribution in [0.25, 0.3) is 5.69 Å². The van der Waals surface area contributed by atoms with E-state index in [0.29, 0.717) is 6.54 Å². The molecule has 0 fully saturated rings. The van der Waals surface area contributed by atoms with Crippen molar-refractivity contribution in [2.75, 3.05) is 11.6 Å². The molecule has 1 N–H and O–H groups in total. The van der Waals surface area contributed by atoms with E-state index in [-0.39, 0.29) is 12.1 Å². The smallest absolute Gasteiger partial charge is 0.318 e. The number of nitrogens with one attached hydrogen (secondary N) is 1. The number of thioether (sulfide) groups is 1. The van der Waals surface area contributed by atoms with Gasteiger partial charge >= 0.3 is 6.03 Å². The summed E-state index contributed by atoms with van der Waals surface area (Å²) in [4.78, 5) is 16.8. The van der Waals surface area contributed by atoms with E-state index in [4.69, 9.17) is 0 Å². The maximum Gasteiger partial charge on any atom is 0.322 e. The van der Waals surface area contributed by atoms with Gasteiger partial charge in [0.25, 0.3) is 0 Å². The van der Waals surface area contributed by atoms with E-state index in [9.17, 15) is 4.79 Å². The van der Waals surface area contributed by atoms with Gasteiger partial charge in [0, 0.05) is 22.5 Å². The molecule has 0 spiro atoms. The molecule has 1 aromatic heterocycles. The summed E-state index contributed by atoms with van der Waals surface area (Å²) >= 11 is 1.66. The third kappa shape index (κ3) is 3.80. The van der Waals surface area contributed by atoms with Crippen LogP contribution in [0.2, 0.25) is 0 Å². The first kappa shape index (κ1) is 20.5. The molecule has 5 heteroatoms. The van der Waals surface area contributed by atoms with Gasteiger partial charge in [0.05, 0.1) is 18.3 Å². The Morgan fingerprint density at radius 3 is 2.66 bits per heavy atom. The fraction of sp³-hybridized carbons (Fsp3) is 0.148. The Morgan fingerprint density at radius 1 is 0.969 bits per heavy atom. The van der Waals surface area contributed by atoms with Crippen LogP contribution in [0.5, 0.6) is 0 Å². The van der Waals surface area contributed by atoms with Crippen molar-refractivity contribution in [1.29, 1.82) is 0 Å². The summed E-state index contributed by atoms with van der Waals surface area (Å²) in [6.07, 6.45) is 4.12. The Hall–Kier alpha value is -3.44. The molecule has 1 aliphatic heterocycles. The highest BCUT2D eigenvalue weighted by Gasteiger charge is 2.33. The number of nitrogens with zero attached hydrogens (tertiary/aromatic N) is 2. The maximum absolute atomic E-state index is 13.7. The largest absolute Gasteiger partial charge is 0.322 e. The van der Waals surface area contributed by atoms with Crippen LogP contribution in [0.1, 0.15) is 28.4 Å². The summed E-state index contributed by atoms with van der Waals surface area (Å²) in [5.74, 6) is 0. The molecule has 0 bridgehead atoms. The number of para-hydroxylation sites is 1. The lowest BCUT2D eigenvalue weighted by Gasteiger charge is -2.31. The SMILES string of the molecule is CSc1cccc(NC(=O)N2Cc3ccccc3-n3cccc3[C@@H]2c2cccc(C)c2)c1. The number of hydrogen-bond donors (Lipinski definition) is 1. The molecule has 4 nitrogen and oxygen atoms in total. The van der Waals surface area contributed by atoms with E-state index in [0.717, 1.165) is 33.1 Å². The number of benzene rings is 3. The molecule has 1 atom stereocenters. The number of anilines is 1. The first-order valence-electron chi connectivity index (χ1n) is 10.7. The molecule has 0 saturated carbocycles. The Labute approximate surface area is 192 Å². The van der Waals surface area contributed by atoms with Gasteiger partial charge < -0.3 is 14.8 Å². The highest BCUT2D eigenvalue weighted by molar-refractivity contribution is 7.98. The topological polar surface area (TPSA) is 37.3 Å². The van der Waals surface area contributed by atoms with Gasteiger partial charge in [0.1, 0.15) is 0 Å². The van der Waals surface area contributed by atoms with Crippen LogP contribution in [0.15, 0.2) is 96.0 Å². The van der Waals surface area contributed by atoms with Crippen molar-refractivity contribution in [3.8, 4) is 5.69 Å². The van der Waals surface area contributed by atoms with Crippen molar-refractivity contribution in [3.63, 3.8) is 0 Å². The average Bonchev–Trinajstić information content (AvgIpc) is 3.23. The van der Waals surface area contributed by atoms with Crippen LogP contribution in [0.4, 0.5) is 10.5 Å². The summed E-state index contributed by atoms with van der Waals surface area (Å²) in [6, 6.07) is 28.6. The minimum Gasteiger partial charge on any atom is -0.318 e. The number of carbonyl (C=O) groups excluding carboxylic acids is 1. The molecule has 0 aliphatic carbocycles. The second kappa shape index (κ2) is 8.60. The fourth-order valence-corrected chi connectivity index (χ4v) is 4.89. The van der Waals surface area contributed by atoms with E-state index < -0.39 is 0 Å². The van der Waals surface area contributed by atoms with Gasteiger partial charge in [-0.2, -0.15) is 0 Å². The fourth-order valence-electron chi connectivity index (χ4n) is 4.43. The van der Waals surface area contributed by atoms with Gasteiger partial charge in [-0.3, -0.25) is 0 Å². The van der Waals surface area contributed by atoms with Crippen molar-refractivity contribution in [3.05, 3.63) is 114 Å². The van der Waals surface area contributed by atoms with Crippen LogP contribution in [0.3, 0.4) is 0 Å². The van der Waals surface area contributed by atoms with E-state index in [1.165, 1.54) is 5.56 Å². The van der Waals surface area contributed by atoms with Crippen LogP contribution in [0, 0.1) is 6.92 Å². The summed E-state index contributed by atoms with van der Waals surface area (Å²) in [5, 5.41) is 3.15. The lowest BCUT2D eigenvalue weighted by Crippen LogP contribution is -2.38. The third-order valence-electron chi connectivity index (χ3n) is 5.90. The molecule has 160 valence electrons. The van der Waals surface area contributed by atoms with Crippen molar-refractivity contribution in [1.82, 2.24) is 9.47 Å². The average molecular weight is 440 g/mol. The number of aromatic nitrogens is 1. The quantitative estimate of drug-likeness (QED) is 0.363. The lowest BCUT2D eigenvalue weighted by atomic mass is 10.00. The molecular weight excluding hydrogens is 414 g/mol. The second-order valence-electron chi connectivity index (χ2n) is 8.04. The Morgan fingerprint density at radius 2 is 1.81 bits per heavy atom. The van der Waals surface area contributed by atoms with Crippen LogP contribution in [-0.2, 0) is 6.54 Å². The van der Waals surface area contributed by atoms with Crippen LogP contribution < -0.4 is 5.32 Å². The molecule has 4 aromatic rings. The van der Waals surface area contributed by atoms with Gasteiger partial charge in [-0.05, 0) is 60.7 Å². The summed E-state index contributed by atoms with van der Waals surface area (Å²) in [5.41, 5.74) is 6.39. The van der Waals surface area contributed by atoms with Gasteiger partial charge in [0.2, 0.25) is 0 Å². The highest BCUT2D eigenvalue weighted by atomic mass is 32.2. The van der Waals surface area contributed by atoms with E-state index >= 15 is 0 Å². The van der Waals surface area contributed by atoms with Gasteiger partial charge in [-0.1, -0.05) is 54.1 Å².